The van der Waals surface area contributed by atoms with Gasteiger partial charge in [-0.2, -0.15) is 0 Å². The minimum Gasteiger partial charge on any atom is -0.497 e. The number of carbonyl (C=O) groups is 2. The van der Waals surface area contributed by atoms with Gasteiger partial charge in [-0.1, -0.05) is 0 Å². The van der Waals surface area contributed by atoms with Crippen molar-refractivity contribution < 1.29 is 33.3 Å². The van der Waals surface area contributed by atoms with Crippen molar-refractivity contribution in [1.29, 1.82) is 0 Å². The molecule has 1 aromatic carbocycles. The number of fused-ring (bicyclic) bond motifs is 1. The molecule has 8 nitrogen and oxygen atoms in total. The Balaban J connectivity index is 1.33. The SMILES string of the molecule is COc1ccc(OC2=COC3CC(OC(=O)N4CCOCC4)CCC3C2=O)cc1. The summed E-state index contributed by atoms with van der Waals surface area (Å²) in [5.41, 5.74) is 0. The van der Waals surface area contributed by atoms with Crippen LogP contribution in [0.4, 0.5) is 4.79 Å². The smallest absolute Gasteiger partial charge is 0.410 e. The number of nitrogens with zero attached hydrogens (tertiary/aromatic N) is 1. The molecule has 1 aromatic rings. The third-order valence-electron chi connectivity index (χ3n) is 5.50. The van der Waals surface area contributed by atoms with Crippen molar-refractivity contribution in [2.24, 2.45) is 5.92 Å². The van der Waals surface area contributed by atoms with Gasteiger partial charge in [0.15, 0.2) is 0 Å². The van der Waals surface area contributed by atoms with Gasteiger partial charge in [-0.05, 0) is 37.1 Å². The van der Waals surface area contributed by atoms with E-state index in [4.69, 9.17) is 23.7 Å². The molecule has 0 bridgehead atoms. The van der Waals surface area contributed by atoms with Gasteiger partial charge in [0.25, 0.3) is 0 Å². The molecular weight excluding hydrogens is 378 g/mol. The van der Waals surface area contributed by atoms with Crippen molar-refractivity contribution >= 4 is 11.9 Å². The molecule has 0 aromatic heterocycles. The zero-order chi connectivity index (χ0) is 20.2. The van der Waals surface area contributed by atoms with Crippen LogP contribution in [0.3, 0.4) is 0 Å². The van der Waals surface area contributed by atoms with Crippen molar-refractivity contribution in [2.75, 3.05) is 33.4 Å². The van der Waals surface area contributed by atoms with Crippen LogP contribution in [0.2, 0.25) is 0 Å². The number of allylic oxidation sites excluding steroid dienone is 1. The van der Waals surface area contributed by atoms with E-state index in [1.807, 2.05) is 0 Å². The normalized spacial score (nSPS) is 26.7. The lowest BCUT2D eigenvalue weighted by Crippen LogP contribution is -2.46. The van der Waals surface area contributed by atoms with Gasteiger partial charge in [-0.25, -0.2) is 4.79 Å². The van der Waals surface area contributed by atoms with E-state index >= 15 is 0 Å². The Morgan fingerprint density at radius 2 is 1.83 bits per heavy atom. The molecular formula is C21H25NO7. The van der Waals surface area contributed by atoms with Crippen molar-refractivity contribution in [3.8, 4) is 11.5 Å². The molecule has 3 aliphatic rings. The summed E-state index contributed by atoms with van der Waals surface area (Å²) in [6, 6.07) is 7.00. The Hall–Kier alpha value is -2.74. The zero-order valence-electron chi connectivity index (χ0n) is 16.4. The molecule has 1 amide bonds. The maximum absolute atomic E-state index is 12.8. The van der Waals surface area contributed by atoms with Crippen LogP contribution in [0.1, 0.15) is 19.3 Å². The molecule has 0 radical (unpaired) electrons. The van der Waals surface area contributed by atoms with E-state index < -0.39 is 0 Å². The Kier molecular flexibility index (Phi) is 5.89. The van der Waals surface area contributed by atoms with E-state index in [9.17, 15) is 9.59 Å². The van der Waals surface area contributed by atoms with Crippen molar-refractivity contribution in [2.45, 2.75) is 31.5 Å². The molecule has 2 fully saturated rings. The first-order chi connectivity index (χ1) is 14.1. The Morgan fingerprint density at radius 1 is 1.10 bits per heavy atom. The average molecular weight is 403 g/mol. The van der Waals surface area contributed by atoms with Crippen molar-refractivity contribution in [3.63, 3.8) is 0 Å². The number of morpholine rings is 1. The highest BCUT2D eigenvalue weighted by molar-refractivity contribution is 5.96. The highest BCUT2D eigenvalue weighted by Gasteiger charge is 2.42. The molecule has 4 rings (SSSR count). The molecule has 1 saturated carbocycles. The number of amides is 1. The Labute approximate surface area is 169 Å². The van der Waals surface area contributed by atoms with E-state index in [1.54, 1.807) is 36.3 Å². The van der Waals surface area contributed by atoms with Gasteiger partial charge in [0.2, 0.25) is 11.5 Å². The van der Waals surface area contributed by atoms with Gasteiger partial charge in [0, 0.05) is 19.5 Å². The van der Waals surface area contributed by atoms with Gasteiger partial charge in [-0.3, -0.25) is 4.79 Å². The highest BCUT2D eigenvalue weighted by Crippen LogP contribution is 2.35. The number of benzene rings is 1. The summed E-state index contributed by atoms with van der Waals surface area (Å²) < 4.78 is 27.5. The molecule has 8 heteroatoms. The van der Waals surface area contributed by atoms with Gasteiger partial charge in [-0.15, -0.1) is 0 Å². The number of hydrogen-bond donors (Lipinski definition) is 0. The van der Waals surface area contributed by atoms with Gasteiger partial charge in [0.05, 0.1) is 26.2 Å². The monoisotopic (exact) mass is 403 g/mol. The molecule has 2 aliphatic heterocycles. The molecule has 3 unspecified atom stereocenters. The Bertz CT molecular complexity index is 770. The minimum atomic E-state index is -0.321. The fourth-order valence-electron chi connectivity index (χ4n) is 3.85. The van der Waals surface area contributed by atoms with E-state index in [0.717, 1.165) is 0 Å². The highest BCUT2D eigenvalue weighted by atomic mass is 16.6. The van der Waals surface area contributed by atoms with Gasteiger partial charge < -0.3 is 28.6 Å². The minimum absolute atomic E-state index is 0.0741. The van der Waals surface area contributed by atoms with Crippen LogP contribution in [-0.2, 0) is 19.0 Å². The maximum Gasteiger partial charge on any atom is 0.410 e. The van der Waals surface area contributed by atoms with Crippen LogP contribution in [0.5, 0.6) is 11.5 Å². The fraction of sp³-hybridized carbons (Fsp3) is 0.524. The van der Waals surface area contributed by atoms with Gasteiger partial charge in [0.1, 0.15) is 30.0 Å². The lowest BCUT2D eigenvalue weighted by Gasteiger charge is -2.37. The predicted molar refractivity (Wildman–Crippen MR) is 102 cm³/mol. The van der Waals surface area contributed by atoms with Crippen LogP contribution in [0.15, 0.2) is 36.3 Å². The number of methoxy groups -OCH3 is 1. The third kappa shape index (κ3) is 4.48. The first kappa shape index (κ1) is 19.6. The van der Waals surface area contributed by atoms with Crippen LogP contribution in [0.25, 0.3) is 0 Å². The van der Waals surface area contributed by atoms with Crippen molar-refractivity contribution in [3.05, 3.63) is 36.3 Å². The topological polar surface area (TPSA) is 83.5 Å². The van der Waals surface area contributed by atoms with E-state index in [-0.39, 0.29) is 35.8 Å². The van der Waals surface area contributed by atoms with Crippen LogP contribution in [-0.4, -0.2) is 62.4 Å². The molecule has 1 saturated heterocycles. The van der Waals surface area contributed by atoms with E-state index in [1.165, 1.54) is 6.26 Å². The van der Waals surface area contributed by atoms with E-state index in [0.29, 0.717) is 57.1 Å². The zero-order valence-corrected chi connectivity index (χ0v) is 16.4. The molecule has 156 valence electrons. The van der Waals surface area contributed by atoms with Crippen LogP contribution in [0, 0.1) is 5.92 Å². The largest absolute Gasteiger partial charge is 0.497 e. The maximum atomic E-state index is 12.8. The molecule has 2 heterocycles. The number of Topliss-reactive ketones (excluding diaryl/α,β-unsaturated/α-hetero) is 1. The molecule has 0 spiro atoms. The Morgan fingerprint density at radius 3 is 2.55 bits per heavy atom. The second-order valence-corrected chi connectivity index (χ2v) is 7.32. The lowest BCUT2D eigenvalue weighted by molar-refractivity contribution is -0.132. The summed E-state index contributed by atoms with van der Waals surface area (Å²) in [5.74, 6) is 1.09. The first-order valence-corrected chi connectivity index (χ1v) is 9.89. The molecule has 3 atom stereocenters. The fourth-order valence-corrected chi connectivity index (χ4v) is 3.85. The summed E-state index contributed by atoms with van der Waals surface area (Å²) in [5, 5.41) is 0. The van der Waals surface area contributed by atoms with Crippen LogP contribution < -0.4 is 9.47 Å². The second kappa shape index (κ2) is 8.73. The summed E-state index contributed by atoms with van der Waals surface area (Å²) in [6.07, 6.45) is 2.21. The number of ether oxygens (including phenoxy) is 5. The predicted octanol–water partition coefficient (Wildman–Crippen LogP) is 2.52. The summed E-state index contributed by atoms with van der Waals surface area (Å²) >= 11 is 0. The summed E-state index contributed by atoms with van der Waals surface area (Å²) in [7, 11) is 1.59. The first-order valence-electron chi connectivity index (χ1n) is 9.89. The second-order valence-electron chi connectivity index (χ2n) is 7.32. The summed E-state index contributed by atoms with van der Waals surface area (Å²) in [4.78, 5) is 26.8. The average Bonchev–Trinajstić information content (AvgIpc) is 2.77. The number of ketones is 1. The third-order valence-corrected chi connectivity index (χ3v) is 5.50. The van der Waals surface area contributed by atoms with Crippen molar-refractivity contribution in [1.82, 2.24) is 4.90 Å². The summed E-state index contributed by atoms with van der Waals surface area (Å²) in [6.45, 7) is 2.15. The lowest BCUT2D eigenvalue weighted by atomic mass is 9.80. The quantitative estimate of drug-likeness (QED) is 0.764. The number of rotatable bonds is 4. The number of carbonyl (C=O) groups excluding carboxylic acids is 2. The number of hydrogen-bond acceptors (Lipinski definition) is 7. The molecule has 29 heavy (non-hydrogen) atoms. The molecule has 0 N–H and O–H groups in total. The standard InChI is InChI=1S/C21H25NO7/c1-25-14-2-4-15(5-3-14)28-19-13-27-18-12-16(6-7-17(18)20(19)23)29-21(24)22-8-10-26-11-9-22/h2-5,13,16-18H,6-12H2,1H3. The van der Waals surface area contributed by atoms with E-state index in [2.05, 4.69) is 0 Å². The molecule has 1 aliphatic carbocycles. The van der Waals surface area contributed by atoms with Crippen LogP contribution >= 0.6 is 0 Å². The van der Waals surface area contributed by atoms with Gasteiger partial charge >= 0.3 is 6.09 Å².